The van der Waals surface area contributed by atoms with Crippen molar-refractivity contribution in [2.45, 2.75) is 20.5 Å². The minimum Gasteiger partial charge on any atom is -0.493 e. The summed E-state index contributed by atoms with van der Waals surface area (Å²) in [6, 6.07) is 16.8. The van der Waals surface area contributed by atoms with Gasteiger partial charge in [0.2, 0.25) is 5.91 Å². The third kappa shape index (κ3) is 6.67. The predicted molar refractivity (Wildman–Crippen MR) is 156 cm³/mol. The number of benzene rings is 3. The van der Waals surface area contributed by atoms with Gasteiger partial charge in [-0.1, -0.05) is 34.1 Å². The molecule has 3 aromatic carbocycles. The van der Waals surface area contributed by atoms with Gasteiger partial charge in [-0.15, -0.1) is 0 Å². The third-order valence-corrected chi connectivity index (χ3v) is 7.84. The number of rotatable bonds is 8. The van der Waals surface area contributed by atoms with Crippen molar-refractivity contribution in [3.8, 4) is 11.5 Å². The van der Waals surface area contributed by atoms with Crippen molar-refractivity contribution in [3.63, 3.8) is 0 Å². The first-order valence-electron chi connectivity index (χ1n) is 11.5. The lowest BCUT2D eigenvalue weighted by molar-refractivity contribution is -0.127. The van der Waals surface area contributed by atoms with Gasteiger partial charge < -0.3 is 14.8 Å². The molecule has 196 valence electrons. The van der Waals surface area contributed by atoms with Crippen LogP contribution in [0.2, 0.25) is 0 Å². The van der Waals surface area contributed by atoms with Gasteiger partial charge in [-0.25, -0.2) is 0 Å². The number of hydrogen-bond acceptors (Lipinski definition) is 6. The minimum absolute atomic E-state index is 0.214. The van der Waals surface area contributed by atoms with Crippen molar-refractivity contribution in [2.75, 3.05) is 19.0 Å². The number of thioether (sulfide) groups is 1. The van der Waals surface area contributed by atoms with Crippen molar-refractivity contribution in [2.24, 2.45) is 0 Å². The summed E-state index contributed by atoms with van der Waals surface area (Å²) in [5, 5.41) is 2.24. The summed E-state index contributed by atoms with van der Waals surface area (Å²) in [6.07, 6.45) is 1.60. The van der Waals surface area contributed by atoms with Gasteiger partial charge in [0.15, 0.2) is 11.5 Å². The van der Waals surface area contributed by atoms with Crippen LogP contribution in [0.1, 0.15) is 22.3 Å². The Morgan fingerprint density at radius 2 is 1.76 bits per heavy atom. The summed E-state index contributed by atoms with van der Waals surface area (Å²) in [5.74, 6) is 0.00723. The van der Waals surface area contributed by atoms with E-state index in [4.69, 9.17) is 9.47 Å². The lowest BCUT2D eigenvalue weighted by Crippen LogP contribution is -2.36. The molecular weight excluding hydrogens is 636 g/mol. The second kappa shape index (κ2) is 12.2. The normalized spacial score (nSPS) is 14.2. The standard InChI is InChI=1S/C28H24Br2N2O5S/c1-16-4-9-21(10-17(16)2)31-25(33)14-32-27(34)24(38-28(32)35)13-19-11-22(30)26(23(12-19)36-3)37-15-18-5-7-20(29)8-6-18/h4-13H,14-15H2,1-3H3,(H,31,33)/b24-13+. The summed E-state index contributed by atoms with van der Waals surface area (Å²) >= 11 is 7.73. The van der Waals surface area contributed by atoms with Gasteiger partial charge >= 0.3 is 0 Å². The molecule has 0 unspecified atom stereocenters. The molecule has 0 aliphatic carbocycles. The molecule has 1 aliphatic heterocycles. The van der Waals surface area contributed by atoms with Crippen molar-refractivity contribution in [1.29, 1.82) is 0 Å². The quantitative estimate of drug-likeness (QED) is 0.260. The molecule has 0 saturated carbocycles. The Labute approximate surface area is 241 Å². The fraction of sp³-hybridized carbons (Fsp3) is 0.179. The van der Waals surface area contributed by atoms with Crippen LogP contribution in [0.5, 0.6) is 11.5 Å². The number of nitrogens with one attached hydrogen (secondary N) is 1. The van der Waals surface area contributed by atoms with Gasteiger partial charge in [-0.05, 0) is 106 Å². The van der Waals surface area contributed by atoms with Gasteiger partial charge in [0.25, 0.3) is 11.1 Å². The average Bonchev–Trinajstić information content (AvgIpc) is 3.13. The molecule has 4 rings (SSSR count). The number of imide groups is 1. The molecule has 0 radical (unpaired) electrons. The van der Waals surface area contributed by atoms with E-state index in [2.05, 4.69) is 37.2 Å². The number of carbonyl (C=O) groups is 3. The van der Waals surface area contributed by atoms with Gasteiger partial charge in [-0.2, -0.15) is 0 Å². The maximum atomic E-state index is 13.0. The highest BCUT2D eigenvalue weighted by Gasteiger charge is 2.36. The number of aryl methyl sites for hydroxylation is 2. The van der Waals surface area contributed by atoms with Crippen LogP contribution in [0.3, 0.4) is 0 Å². The van der Waals surface area contributed by atoms with E-state index in [0.29, 0.717) is 33.8 Å². The lowest BCUT2D eigenvalue weighted by Gasteiger charge is -2.14. The summed E-state index contributed by atoms with van der Waals surface area (Å²) < 4.78 is 13.1. The number of hydrogen-bond donors (Lipinski definition) is 1. The van der Waals surface area contributed by atoms with Crippen LogP contribution in [0.25, 0.3) is 6.08 Å². The van der Waals surface area contributed by atoms with Crippen molar-refractivity contribution >= 4 is 72.4 Å². The van der Waals surface area contributed by atoms with Crippen molar-refractivity contribution in [3.05, 3.63) is 90.7 Å². The monoisotopic (exact) mass is 658 g/mol. The molecule has 38 heavy (non-hydrogen) atoms. The average molecular weight is 660 g/mol. The number of ether oxygens (including phenoxy) is 2. The van der Waals surface area contributed by atoms with Crippen LogP contribution in [0, 0.1) is 13.8 Å². The van der Waals surface area contributed by atoms with E-state index >= 15 is 0 Å². The summed E-state index contributed by atoms with van der Waals surface area (Å²) in [7, 11) is 1.53. The number of methoxy groups -OCH3 is 1. The second-order valence-corrected chi connectivity index (χ2v) is 11.3. The summed E-state index contributed by atoms with van der Waals surface area (Å²) in [5.41, 5.74) is 4.37. The molecule has 1 saturated heterocycles. The number of anilines is 1. The Hall–Kier alpha value is -3.08. The predicted octanol–water partition coefficient (Wildman–Crippen LogP) is 7.09. The zero-order chi connectivity index (χ0) is 27.4. The van der Waals surface area contributed by atoms with Crippen molar-refractivity contribution in [1.82, 2.24) is 4.90 Å². The molecule has 0 bridgehead atoms. The largest absolute Gasteiger partial charge is 0.493 e. The van der Waals surface area contributed by atoms with E-state index in [0.717, 1.165) is 37.8 Å². The first kappa shape index (κ1) is 27.9. The Morgan fingerprint density at radius 3 is 2.45 bits per heavy atom. The number of carbonyl (C=O) groups excluding carboxylic acids is 3. The van der Waals surface area contributed by atoms with E-state index in [-0.39, 0.29) is 11.4 Å². The van der Waals surface area contributed by atoms with E-state index in [1.54, 1.807) is 24.3 Å². The molecule has 10 heteroatoms. The first-order valence-corrected chi connectivity index (χ1v) is 13.9. The number of amides is 3. The summed E-state index contributed by atoms with van der Waals surface area (Å²) in [6.45, 7) is 3.89. The molecule has 7 nitrogen and oxygen atoms in total. The van der Waals surface area contributed by atoms with Gasteiger partial charge in [0, 0.05) is 10.2 Å². The SMILES string of the molecule is COc1cc(/C=C2/SC(=O)N(CC(=O)Nc3ccc(C)c(C)c3)C2=O)cc(Br)c1OCc1ccc(Br)cc1. The molecule has 1 N–H and O–H groups in total. The molecule has 3 amide bonds. The molecule has 3 aromatic rings. The van der Waals surface area contributed by atoms with Crippen LogP contribution in [0.15, 0.2) is 68.4 Å². The summed E-state index contributed by atoms with van der Waals surface area (Å²) in [4.78, 5) is 39.2. The van der Waals surface area contributed by atoms with Crippen LogP contribution >= 0.6 is 43.6 Å². The first-order chi connectivity index (χ1) is 18.1. The van der Waals surface area contributed by atoms with Crippen LogP contribution in [-0.4, -0.2) is 35.6 Å². The molecule has 1 heterocycles. The molecule has 0 spiro atoms. The molecule has 0 aromatic heterocycles. The number of halogens is 2. The van der Waals surface area contributed by atoms with Crippen LogP contribution in [0.4, 0.5) is 10.5 Å². The highest BCUT2D eigenvalue weighted by atomic mass is 79.9. The van der Waals surface area contributed by atoms with E-state index in [1.165, 1.54) is 7.11 Å². The zero-order valence-corrected chi connectivity index (χ0v) is 24.8. The molecular formula is C28H24Br2N2O5S. The Balaban J connectivity index is 1.46. The van der Waals surface area contributed by atoms with E-state index in [1.807, 2.05) is 50.2 Å². The van der Waals surface area contributed by atoms with Gasteiger partial charge in [-0.3, -0.25) is 19.3 Å². The fourth-order valence-corrected chi connectivity index (χ4v) is 5.33. The van der Waals surface area contributed by atoms with Gasteiger partial charge in [0.05, 0.1) is 16.5 Å². The van der Waals surface area contributed by atoms with Crippen LogP contribution in [-0.2, 0) is 16.2 Å². The Kier molecular flexibility index (Phi) is 8.96. The molecule has 1 fully saturated rings. The highest BCUT2D eigenvalue weighted by Crippen LogP contribution is 2.39. The fourth-order valence-electron chi connectivity index (χ4n) is 3.65. The zero-order valence-electron chi connectivity index (χ0n) is 20.8. The lowest BCUT2D eigenvalue weighted by atomic mass is 10.1. The van der Waals surface area contributed by atoms with Gasteiger partial charge in [0.1, 0.15) is 13.2 Å². The van der Waals surface area contributed by atoms with E-state index < -0.39 is 17.1 Å². The van der Waals surface area contributed by atoms with Crippen molar-refractivity contribution < 1.29 is 23.9 Å². The minimum atomic E-state index is -0.527. The molecule has 1 aliphatic rings. The smallest absolute Gasteiger partial charge is 0.294 e. The number of nitrogens with zero attached hydrogens (tertiary/aromatic N) is 1. The maximum absolute atomic E-state index is 13.0. The Morgan fingerprint density at radius 1 is 1.03 bits per heavy atom. The molecule has 0 atom stereocenters. The van der Waals surface area contributed by atoms with Crippen LogP contribution < -0.4 is 14.8 Å². The second-order valence-electron chi connectivity index (χ2n) is 8.56. The highest BCUT2D eigenvalue weighted by molar-refractivity contribution is 9.10. The topological polar surface area (TPSA) is 84.9 Å². The Bertz CT molecular complexity index is 1440. The maximum Gasteiger partial charge on any atom is 0.294 e. The third-order valence-electron chi connectivity index (χ3n) is 5.81. The van der Waals surface area contributed by atoms with E-state index in [9.17, 15) is 14.4 Å².